The van der Waals surface area contributed by atoms with E-state index in [0.717, 1.165) is 29.8 Å². The fourth-order valence-electron chi connectivity index (χ4n) is 3.32. The monoisotopic (exact) mass is 265 g/mol. The molecule has 2 N–H and O–H groups in total. The lowest BCUT2D eigenvalue weighted by Crippen LogP contribution is -2.31. The van der Waals surface area contributed by atoms with E-state index in [9.17, 15) is 0 Å². The first-order valence-corrected chi connectivity index (χ1v) is 7.55. The molecule has 1 aliphatic carbocycles. The summed E-state index contributed by atoms with van der Waals surface area (Å²) in [6.45, 7) is 3.14. The summed E-state index contributed by atoms with van der Waals surface area (Å²) in [5.74, 6) is 2.34. The van der Waals surface area contributed by atoms with Gasteiger partial charge in [-0.15, -0.1) is 0 Å². The normalized spacial score (nSPS) is 28.3. The van der Waals surface area contributed by atoms with Crippen LogP contribution in [-0.4, -0.2) is 6.54 Å². The van der Waals surface area contributed by atoms with Crippen LogP contribution in [-0.2, 0) is 6.42 Å². The van der Waals surface area contributed by atoms with Gasteiger partial charge in [0.2, 0.25) is 0 Å². The van der Waals surface area contributed by atoms with Crippen molar-refractivity contribution in [1.82, 2.24) is 0 Å². The van der Waals surface area contributed by atoms with Crippen LogP contribution < -0.4 is 5.73 Å². The van der Waals surface area contributed by atoms with Crippen LogP contribution in [0.2, 0.25) is 5.02 Å². The van der Waals surface area contributed by atoms with Crippen molar-refractivity contribution in [3.8, 4) is 0 Å². The predicted octanol–water partition coefficient (Wildman–Crippen LogP) is 4.28. The van der Waals surface area contributed by atoms with E-state index in [2.05, 4.69) is 25.1 Å². The number of hydrogen-bond donors (Lipinski definition) is 1. The minimum absolute atomic E-state index is 0.701. The molecule has 0 aliphatic heterocycles. The van der Waals surface area contributed by atoms with Gasteiger partial charge in [-0.05, 0) is 61.3 Å². The molecule has 0 saturated heterocycles. The highest BCUT2D eigenvalue weighted by molar-refractivity contribution is 6.30. The third-order valence-electron chi connectivity index (χ3n) is 4.52. The third-order valence-corrected chi connectivity index (χ3v) is 4.75. The van der Waals surface area contributed by atoms with E-state index in [0.29, 0.717) is 5.92 Å². The molecule has 3 atom stereocenters. The topological polar surface area (TPSA) is 26.0 Å². The van der Waals surface area contributed by atoms with E-state index in [4.69, 9.17) is 17.3 Å². The van der Waals surface area contributed by atoms with Gasteiger partial charge >= 0.3 is 0 Å². The van der Waals surface area contributed by atoms with Gasteiger partial charge in [-0.2, -0.15) is 0 Å². The molecule has 1 saturated carbocycles. The number of rotatable bonds is 4. The highest BCUT2D eigenvalue weighted by Gasteiger charge is 2.28. The molecule has 0 amide bonds. The van der Waals surface area contributed by atoms with Crippen LogP contribution in [0.15, 0.2) is 24.3 Å². The maximum absolute atomic E-state index is 6.06. The van der Waals surface area contributed by atoms with Crippen molar-refractivity contribution in [2.45, 2.75) is 39.0 Å². The minimum Gasteiger partial charge on any atom is -0.330 e. The molecule has 1 nitrogen and oxygen atoms in total. The molecule has 2 heteroatoms. The Morgan fingerprint density at radius 1 is 1.28 bits per heavy atom. The smallest absolute Gasteiger partial charge is 0.0408 e. The Hall–Kier alpha value is -0.530. The highest BCUT2D eigenvalue weighted by Crippen LogP contribution is 2.37. The van der Waals surface area contributed by atoms with Gasteiger partial charge in [0, 0.05) is 5.02 Å². The molecular weight excluding hydrogens is 242 g/mol. The maximum atomic E-state index is 6.06. The summed E-state index contributed by atoms with van der Waals surface area (Å²) in [6.07, 6.45) is 6.46. The van der Waals surface area contributed by atoms with E-state index in [1.165, 1.54) is 31.2 Å². The van der Waals surface area contributed by atoms with Gasteiger partial charge in [-0.1, -0.05) is 43.5 Å². The SMILES string of the molecule is CCC1CCC(CN)C(Cc2cccc(Cl)c2)C1. The fourth-order valence-corrected chi connectivity index (χ4v) is 3.53. The zero-order valence-corrected chi connectivity index (χ0v) is 12.0. The Labute approximate surface area is 116 Å². The highest BCUT2D eigenvalue weighted by atomic mass is 35.5. The average Bonchev–Trinajstić information content (AvgIpc) is 2.38. The van der Waals surface area contributed by atoms with Crippen molar-refractivity contribution < 1.29 is 0 Å². The summed E-state index contributed by atoms with van der Waals surface area (Å²) in [7, 11) is 0. The average molecular weight is 266 g/mol. The molecule has 1 aromatic carbocycles. The van der Waals surface area contributed by atoms with E-state index >= 15 is 0 Å². The second kappa shape index (κ2) is 6.58. The van der Waals surface area contributed by atoms with Crippen LogP contribution >= 0.6 is 11.6 Å². The van der Waals surface area contributed by atoms with Gasteiger partial charge in [0.1, 0.15) is 0 Å². The number of halogens is 1. The van der Waals surface area contributed by atoms with Crippen molar-refractivity contribution in [3.63, 3.8) is 0 Å². The second-order valence-corrected chi connectivity index (χ2v) is 6.11. The van der Waals surface area contributed by atoms with E-state index in [1.807, 2.05) is 6.07 Å². The Kier molecular flexibility index (Phi) is 5.08. The first kappa shape index (κ1) is 13.9. The van der Waals surface area contributed by atoms with Crippen molar-refractivity contribution in [2.75, 3.05) is 6.54 Å². The Morgan fingerprint density at radius 2 is 2.11 bits per heavy atom. The molecule has 100 valence electrons. The van der Waals surface area contributed by atoms with Crippen molar-refractivity contribution in [1.29, 1.82) is 0 Å². The van der Waals surface area contributed by atoms with Crippen LogP contribution in [0.3, 0.4) is 0 Å². The zero-order chi connectivity index (χ0) is 13.0. The fraction of sp³-hybridized carbons (Fsp3) is 0.625. The van der Waals surface area contributed by atoms with Gasteiger partial charge in [-0.25, -0.2) is 0 Å². The molecule has 2 rings (SSSR count). The van der Waals surface area contributed by atoms with E-state index < -0.39 is 0 Å². The lowest BCUT2D eigenvalue weighted by Gasteiger charge is -2.35. The molecule has 0 bridgehead atoms. The molecular formula is C16H24ClN. The van der Waals surface area contributed by atoms with Crippen LogP contribution in [0.4, 0.5) is 0 Å². The maximum Gasteiger partial charge on any atom is 0.0408 e. The summed E-state index contributed by atoms with van der Waals surface area (Å²) in [5.41, 5.74) is 7.30. The van der Waals surface area contributed by atoms with Gasteiger partial charge in [0.25, 0.3) is 0 Å². The van der Waals surface area contributed by atoms with Crippen molar-refractivity contribution >= 4 is 11.6 Å². The largest absolute Gasteiger partial charge is 0.330 e. The Bertz CT molecular complexity index is 377. The van der Waals surface area contributed by atoms with Crippen molar-refractivity contribution in [2.24, 2.45) is 23.5 Å². The standard InChI is InChI=1S/C16H24ClN/c1-2-12-6-7-14(11-18)15(8-12)9-13-4-3-5-16(17)10-13/h3-5,10,12,14-15H,2,6-9,11,18H2,1H3. The minimum atomic E-state index is 0.701. The first-order chi connectivity index (χ1) is 8.72. The van der Waals surface area contributed by atoms with E-state index in [-0.39, 0.29) is 0 Å². The Balaban J connectivity index is 2.04. The van der Waals surface area contributed by atoms with Gasteiger partial charge in [0.05, 0.1) is 0 Å². The molecule has 0 radical (unpaired) electrons. The summed E-state index contributed by atoms with van der Waals surface area (Å²) < 4.78 is 0. The third kappa shape index (κ3) is 3.49. The zero-order valence-electron chi connectivity index (χ0n) is 11.2. The number of nitrogens with two attached hydrogens (primary N) is 1. The van der Waals surface area contributed by atoms with E-state index in [1.54, 1.807) is 0 Å². The summed E-state index contributed by atoms with van der Waals surface area (Å²) in [5, 5.41) is 0.847. The second-order valence-electron chi connectivity index (χ2n) is 5.68. The molecule has 1 fully saturated rings. The molecule has 18 heavy (non-hydrogen) atoms. The lowest BCUT2D eigenvalue weighted by molar-refractivity contribution is 0.180. The molecule has 0 spiro atoms. The molecule has 3 unspecified atom stereocenters. The summed E-state index contributed by atoms with van der Waals surface area (Å²) >= 11 is 6.06. The quantitative estimate of drug-likeness (QED) is 0.864. The van der Waals surface area contributed by atoms with Gasteiger partial charge in [0.15, 0.2) is 0 Å². The van der Waals surface area contributed by atoms with Crippen molar-refractivity contribution in [3.05, 3.63) is 34.9 Å². The number of benzene rings is 1. The van der Waals surface area contributed by atoms with Crippen LogP contribution in [0, 0.1) is 17.8 Å². The van der Waals surface area contributed by atoms with Crippen LogP contribution in [0.25, 0.3) is 0 Å². The molecule has 1 aliphatic rings. The van der Waals surface area contributed by atoms with Crippen LogP contribution in [0.5, 0.6) is 0 Å². The summed E-state index contributed by atoms with van der Waals surface area (Å²) in [4.78, 5) is 0. The molecule has 0 aromatic heterocycles. The first-order valence-electron chi connectivity index (χ1n) is 7.17. The number of hydrogen-bond acceptors (Lipinski definition) is 1. The summed E-state index contributed by atoms with van der Waals surface area (Å²) in [6, 6.07) is 8.29. The lowest BCUT2D eigenvalue weighted by atomic mass is 9.71. The predicted molar refractivity (Wildman–Crippen MR) is 78.8 cm³/mol. The molecule has 1 aromatic rings. The van der Waals surface area contributed by atoms with Crippen LogP contribution in [0.1, 0.15) is 38.2 Å². The van der Waals surface area contributed by atoms with Gasteiger partial charge < -0.3 is 5.73 Å². The Morgan fingerprint density at radius 3 is 2.78 bits per heavy atom. The van der Waals surface area contributed by atoms with Gasteiger partial charge in [-0.3, -0.25) is 0 Å². The molecule has 0 heterocycles.